The topological polar surface area (TPSA) is 102 Å². The molecule has 1 aliphatic rings. The number of nitrogens with zero attached hydrogens (tertiary/aromatic N) is 2. The first-order valence-corrected chi connectivity index (χ1v) is 9.98. The average Bonchev–Trinajstić information content (AvgIpc) is 3.30. The Hall–Kier alpha value is -3.42. The number of anilines is 1. The molecule has 8 nitrogen and oxygen atoms in total. The second kappa shape index (κ2) is 9.87. The Morgan fingerprint density at radius 3 is 2.53 bits per heavy atom. The van der Waals surface area contributed by atoms with Gasteiger partial charge in [0.25, 0.3) is 11.6 Å². The summed E-state index contributed by atoms with van der Waals surface area (Å²) in [4.78, 5) is 37.2. The Kier molecular flexibility index (Phi) is 7.00. The fraction of sp³-hybridized carbons (Fsp3) is 0.364. The highest BCUT2D eigenvalue weighted by molar-refractivity contribution is 5.93. The van der Waals surface area contributed by atoms with Gasteiger partial charge in [0.1, 0.15) is 5.69 Å². The molecule has 0 spiro atoms. The van der Waals surface area contributed by atoms with Crippen molar-refractivity contribution in [2.75, 3.05) is 31.1 Å². The number of carbonyl (C=O) groups excluding carboxylic acids is 2. The summed E-state index contributed by atoms with van der Waals surface area (Å²) in [5.41, 5.74) is 1.52. The minimum absolute atomic E-state index is 0.0510. The molecule has 1 saturated heterocycles. The maximum absolute atomic E-state index is 12.3. The van der Waals surface area contributed by atoms with Crippen LogP contribution in [0, 0.1) is 10.1 Å². The number of hydrogen-bond donors (Lipinski definition) is 1. The third kappa shape index (κ3) is 5.34. The molecule has 2 aromatic rings. The molecule has 0 unspecified atom stereocenters. The molecule has 30 heavy (non-hydrogen) atoms. The number of amides is 1. The van der Waals surface area contributed by atoms with E-state index < -0.39 is 23.4 Å². The fourth-order valence-electron chi connectivity index (χ4n) is 3.45. The number of nitro groups is 1. The van der Waals surface area contributed by atoms with Gasteiger partial charge in [-0.3, -0.25) is 14.9 Å². The lowest BCUT2D eigenvalue weighted by Gasteiger charge is -2.17. The zero-order valence-corrected chi connectivity index (χ0v) is 16.9. The molecular formula is C22H25N3O5. The van der Waals surface area contributed by atoms with Crippen LogP contribution < -0.4 is 10.2 Å². The predicted octanol–water partition coefficient (Wildman–Crippen LogP) is 3.27. The van der Waals surface area contributed by atoms with Crippen molar-refractivity contribution in [2.45, 2.75) is 25.7 Å². The molecule has 1 atom stereocenters. The molecule has 0 saturated carbocycles. The number of carbonyl (C=O) groups is 2. The van der Waals surface area contributed by atoms with Crippen molar-refractivity contribution in [1.29, 1.82) is 0 Å². The molecule has 1 N–H and O–H groups in total. The molecule has 3 rings (SSSR count). The van der Waals surface area contributed by atoms with Crippen molar-refractivity contribution in [2.24, 2.45) is 0 Å². The van der Waals surface area contributed by atoms with E-state index in [1.54, 1.807) is 6.07 Å². The first-order chi connectivity index (χ1) is 14.5. The zero-order chi connectivity index (χ0) is 21.5. The van der Waals surface area contributed by atoms with Crippen LogP contribution in [0.3, 0.4) is 0 Å². The Morgan fingerprint density at radius 2 is 1.87 bits per heavy atom. The molecule has 1 fully saturated rings. The summed E-state index contributed by atoms with van der Waals surface area (Å²) in [6.07, 6.45) is 1.97. The van der Waals surface area contributed by atoms with E-state index in [9.17, 15) is 19.7 Å². The normalized spacial score (nSPS) is 14.2. The average molecular weight is 411 g/mol. The lowest BCUT2D eigenvalue weighted by atomic mass is 10.0. The van der Waals surface area contributed by atoms with Crippen LogP contribution >= 0.6 is 0 Å². The van der Waals surface area contributed by atoms with E-state index in [0.717, 1.165) is 31.5 Å². The minimum atomic E-state index is -0.766. The van der Waals surface area contributed by atoms with Crippen molar-refractivity contribution in [3.8, 4) is 0 Å². The van der Waals surface area contributed by atoms with E-state index >= 15 is 0 Å². The summed E-state index contributed by atoms with van der Waals surface area (Å²) >= 11 is 0. The van der Waals surface area contributed by atoms with Gasteiger partial charge in [0.05, 0.1) is 10.5 Å². The second-order valence-electron chi connectivity index (χ2n) is 7.35. The fourth-order valence-corrected chi connectivity index (χ4v) is 3.45. The Bertz CT molecular complexity index is 910. The van der Waals surface area contributed by atoms with E-state index in [1.807, 2.05) is 42.2 Å². The van der Waals surface area contributed by atoms with Crippen LogP contribution in [0.4, 0.5) is 11.4 Å². The molecule has 0 radical (unpaired) electrons. The summed E-state index contributed by atoms with van der Waals surface area (Å²) in [5.74, 6) is -1.07. The Labute approximate surface area is 175 Å². The van der Waals surface area contributed by atoms with Gasteiger partial charge in [0.15, 0.2) is 6.61 Å². The number of ether oxygens (including phenoxy) is 1. The Balaban J connectivity index is 1.54. The lowest BCUT2D eigenvalue weighted by Crippen LogP contribution is -2.31. The quantitative estimate of drug-likeness (QED) is 0.406. The van der Waals surface area contributed by atoms with E-state index in [1.165, 1.54) is 12.1 Å². The third-order valence-electron chi connectivity index (χ3n) is 5.16. The van der Waals surface area contributed by atoms with Crippen LogP contribution in [0.1, 0.15) is 41.6 Å². The molecular weight excluding hydrogens is 386 g/mol. The number of benzene rings is 2. The summed E-state index contributed by atoms with van der Waals surface area (Å²) in [6, 6.07) is 14.0. The Morgan fingerprint density at radius 1 is 1.17 bits per heavy atom. The smallest absolute Gasteiger partial charge is 0.338 e. The van der Waals surface area contributed by atoms with Crippen molar-refractivity contribution >= 4 is 23.3 Å². The standard InChI is InChI=1S/C22H25N3O5/c1-16(17-7-3-2-4-8-17)14-23-21(26)15-30-22(27)18-9-10-19(20(13-18)25(28)29)24-11-5-6-12-24/h2-4,7-10,13,16H,5-6,11-12,14-15H2,1H3,(H,23,26)/t16-/m0/s1. The summed E-state index contributed by atoms with van der Waals surface area (Å²) in [5, 5.41) is 14.2. The largest absolute Gasteiger partial charge is 0.452 e. The molecule has 158 valence electrons. The van der Waals surface area contributed by atoms with E-state index in [-0.39, 0.29) is 17.2 Å². The number of hydrogen-bond acceptors (Lipinski definition) is 6. The first-order valence-electron chi connectivity index (χ1n) is 9.98. The third-order valence-corrected chi connectivity index (χ3v) is 5.16. The highest BCUT2D eigenvalue weighted by Gasteiger charge is 2.24. The molecule has 1 amide bonds. The van der Waals surface area contributed by atoms with Crippen molar-refractivity contribution in [3.05, 3.63) is 69.8 Å². The molecule has 1 heterocycles. The van der Waals surface area contributed by atoms with Crippen molar-refractivity contribution in [3.63, 3.8) is 0 Å². The maximum atomic E-state index is 12.3. The number of nitro benzene ring substituents is 1. The maximum Gasteiger partial charge on any atom is 0.338 e. The van der Waals surface area contributed by atoms with Crippen LogP contribution in [0.2, 0.25) is 0 Å². The van der Waals surface area contributed by atoms with E-state index in [2.05, 4.69) is 5.32 Å². The van der Waals surface area contributed by atoms with Crippen LogP contribution in [-0.4, -0.2) is 43.0 Å². The molecule has 1 aliphatic heterocycles. The highest BCUT2D eigenvalue weighted by atomic mass is 16.6. The number of esters is 1. The lowest BCUT2D eigenvalue weighted by molar-refractivity contribution is -0.384. The van der Waals surface area contributed by atoms with Gasteiger partial charge in [0.2, 0.25) is 0 Å². The van der Waals surface area contributed by atoms with Gasteiger partial charge in [0, 0.05) is 25.7 Å². The van der Waals surface area contributed by atoms with Crippen molar-refractivity contribution < 1.29 is 19.2 Å². The van der Waals surface area contributed by atoms with E-state index in [4.69, 9.17) is 4.74 Å². The van der Waals surface area contributed by atoms with E-state index in [0.29, 0.717) is 12.2 Å². The number of rotatable bonds is 8. The van der Waals surface area contributed by atoms with Gasteiger partial charge in [-0.2, -0.15) is 0 Å². The summed E-state index contributed by atoms with van der Waals surface area (Å²) in [7, 11) is 0. The molecule has 0 aliphatic carbocycles. The van der Waals surface area contributed by atoms with Gasteiger partial charge in [-0.05, 0) is 36.5 Å². The number of nitrogens with one attached hydrogen (secondary N) is 1. The van der Waals surface area contributed by atoms with Gasteiger partial charge in [-0.1, -0.05) is 37.3 Å². The zero-order valence-electron chi connectivity index (χ0n) is 16.9. The highest BCUT2D eigenvalue weighted by Crippen LogP contribution is 2.31. The first kappa shape index (κ1) is 21.3. The molecule has 0 aromatic heterocycles. The monoisotopic (exact) mass is 411 g/mol. The van der Waals surface area contributed by atoms with Crippen LogP contribution in [0.25, 0.3) is 0 Å². The molecule has 8 heteroatoms. The van der Waals surface area contributed by atoms with Crippen LogP contribution in [0.5, 0.6) is 0 Å². The molecule has 0 bridgehead atoms. The second-order valence-corrected chi connectivity index (χ2v) is 7.35. The summed E-state index contributed by atoms with van der Waals surface area (Å²) in [6.45, 7) is 3.47. The SMILES string of the molecule is C[C@@H](CNC(=O)COC(=O)c1ccc(N2CCCC2)c([N+](=O)[O-])c1)c1ccccc1. The van der Waals surface area contributed by atoms with Crippen LogP contribution in [-0.2, 0) is 9.53 Å². The van der Waals surface area contributed by atoms with Gasteiger partial charge >= 0.3 is 5.97 Å². The van der Waals surface area contributed by atoms with Gasteiger partial charge < -0.3 is 15.0 Å². The van der Waals surface area contributed by atoms with Gasteiger partial charge in [-0.15, -0.1) is 0 Å². The summed E-state index contributed by atoms with van der Waals surface area (Å²) < 4.78 is 5.04. The minimum Gasteiger partial charge on any atom is -0.452 e. The molecule has 2 aromatic carbocycles. The van der Waals surface area contributed by atoms with Crippen molar-refractivity contribution in [1.82, 2.24) is 5.32 Å². The predicted molar refractivity (Wildman–Crippen MR) is 113 cm³/mol. The van der Waals surface area contributed by atoms with Crippen LogP contribution in [0.15, 0.2) is 48.5 Å². The van der Waals surface area contributed by atoms with Gasteiger partial charge in [-0.25, -0.2) is 4.79 Å².